The fraction of sp³-hybridized carbons (Fsp3) is 0.857. The van der Waals surface area contributed by atoms with E-state index >= 15 is 0 Å². The van der Waals surface area contributed by atoms with Gasteiger partial charge in [0, 0.05) is 12.4 Å². The summed E-state index contributed by atoms with van der Waals surface area (Å²) in [6.45, 7) is 0.733. The Kier molecular flexibility index (Phi) is 3.89. The van der Waals surface area contributed by atoms with Gasteiger partial charge in [-0.1, -0.05) is 0 Å². The molecule has 66 valence electrons. The van der Waals surface area contributed by atoms with Crippen LogP contribution in [0.25, 0.3) is 0 Å². The highest BCUT2D eigenvalue weighted by molar-refractivity contribution is 7.81. The van der Waals surface area contributed by atoms with Crippen molar-refractivity contribution in [2.45, 2.75) is 11.7 Å². The second kappa shape index (κ2) is 3.97. The third-order valence-corrected chi connectivity index (χ3v) is 1.51. The monoisotopic (exact) mass is 177 g/mol. The largest absolute Gasteiger partial charge is 0.550 e. The summed E-state index contributed by atoms with van der Waals surface area (Å²) in [6.07, 6.45) is 0.0264. The van der Waals surface area contributed by atoms with Crippen LogP contribution in [0.1, 0.15) is 6.42 Å². The standard InChI is InChI=1S/C7H15NO2S/c1-8(2,3)5-6(11)4-7(9)10/h6H,4-5H2,1-3H3,(H-,9,10,11). The molecule has 1 atom stereocenters. The van der Waals surface area contributed by atoms with E-state index in [1.807, 2.05) is 21.1 Å². The second-order valence-corrected chi connectivity index (χ2v) is 4.43. The van der Waals surface area contributed by atoms with Gasteiger partial charge in [0.15, 0.2) is 0 Å². The number of aliphatic carboxylic acids is 1. The molecule has 0 saturated heterocycles. The number of carbonyl (C=O) groups excluding carboxylic acids is 1. The van der Waals surface area contributed by atoms with Gasteiger partial charge in [0.2, 0.25) is 0 Å². The minimum absolute atomic E-state index is 0.0264. The molecule has 0 spiro atoms. The predicted molar refractivity (Wildman–Crippen MR) is 45.3 cm³/mol. The van der Waals surface area contributed by atoms with E-state index in [1.54, 1.807) is 0 Å². The molecule has 0 aliphatic heterocycles. The number of quaternary nitrogens is 1. The minimum atomic E-state index is -1.03. The van der Waals surface area contributed by atoms with Gasteiger partial charge in [-0.05, 0) is 0 Å². The van der Waals surface area contributed by atoms with E-state index in [4.69, 9.17) is 0 Å². The minimum Gasteiger partial charge on any atom is -0.550 e. The average Bonchev–Trinajstić information content (AvgIpc) is 1.53. The number of thiol groups is 1. The molecule has 0 radical (unpaired) electrons. The van der Waals surface area contributed by atoms with E-state index in [0.717, 1.165) is 11.0 Å². The Labute approximate surface area is 73.0 Å². The maximum absolute atomic E-state index is 10.1. The Morgan fingerprint density at radius 1 is 1.55 bits per heavy atom. The maximum Gasteiger partial charge on any atom is 0.0902 e. The number of rotatable bonds is 4. The van der Waals surface area contributed by atoms with Crippen LogP contribution in [0.4, 0.5) is 0 Å². The van der Waals surface area contributed by atoms with E-state index < -0.39 is 5.97 Å². The van der Waals surface area contributed by atoms with Crippen LogP contribution in [0, 0.1) is 0 Å². The van der Waals surface area contributed by atoms with Gasteiger partial charge >= 0.3 is 0 Å². The summed E-state index contributed by atoms with van der Waals surface area (Å²) in [5.41, 5.74) is 0. The van der Waals surface area contributed by atoms with E-state index in [0.29, 0.717) is 0 Å². The molecular weight excluding hydrogens is 162 g/mol. The van der Waals surface area contributed by atoms with Crippen molar-refractivity contribution >= 4 is 18.6 Å². The van der Waals surface area contributed by atoms with E-state index in [2.05, 4.69) is 12.6 Å². The Bertz CT molecular complexity index is 142. The van der Waals surface area contributed by atoms with Gasteiger partial charge in [0.25, 0.3) is 0 Å². The Morgan fingerprint density at radius 3 is 2.27 bits per heavy atom. The van der Waals surface area contributed by atoms with Crippen molar-refractivity contribution in [3.8, 4) is 0 Å². The topological polar surface area (TPSA) is 40.1 Å². The first-order valence-corrected chi connectivity index (χ1v) is 4.01. The van der Waals surface area contributed by atoms with Gasteiger partial charge in [0.05, 0.1) is 32.9 Å². The van der Waals surface area contributed by atoms with Crippen LogP contribution < -0.4 is 5.11 Å². The Balaban J connectivity index is 3.69. The van der Waals surface area contributed by atoms with Crippen LogP contribution in [-0.4, -0.2) is 43.4 Å². The Morgan fingerprint density at radius 2 is 2.00 bits per heavy atom. The SMILES string of the molecule is C[N+](C)(C)CC(S)CC(=O)[O-]. The lowest BCUT2D eigenvalue weighted by Crippen LogP contribution is -2.41. The Hall–Kier alpha value is -0.220. The quantitative estimate of drug-likeness (QED) is 0.448. The van der Waals surface area contributed by atoms with Gasteiger partial charge < -0.3 is 14.4 Å². The van der Waals surface area contributed by atoms with Crippen molar-refractivity contribution in [2.75, 3.05) is 27.7 Å². The predicted octanol–water partition coefficient (Wildman–Crippen LogP) is -0.869. The van der Waals surface area contributed by atoms with Gasteiger partial charge in [0.1, 0.15) is 0 Å². The molecule has 0 N–H and O–H groups in total. The molecule has 0 amide bonds. The number of carbonyl (C=O) groups is 1. The highest BCUT2D eigenvalue weighted by Gasteiger charge is 2.13. The van der Waals surface area contributed by atoms with Crippen molar-refractivity contribution in [1.82, 2.24) is 0 Å². The second-order valence-electron chi connectivity index (χ2n) is 3.70. The van der Waals surface area contributed by atoms with Crippen molar-refractivity contribution in [1.29, 1.82) is 0 Å². The van der Waals surface area contributed by atoms with Crippen LogP contribution in [0.3, 0.4) is 0 Å². The molecule has 0 heterocycles. The number of hydrogen-bond acceptors (Lipinski definition) is 3. The molecule has 0 rings (SSSR count). The zero-order valence-corrected chi connectivity index (χ0v) is 8.10. The molecule has 3 nitrogen and oxygen atoms in total. The summed E-state index contributed by atoms with van der Waals surface area (Å²) >= 11 is 4.13. The molecule has 4 heteroatoms. The maximum atomic E-state index is 10.1. The van der Waals surface area contributed by atoms with Crippen LogP contribution in [0.5, 0.6) is 0 Å². The van der Waals surface area contributed by atoms with Gasteiger partial charge in [-0.2, -0.15) is 12.6 Å². The molecule has 0 bridgehead atoms. The summed E-state index contributed by atoms with van der Waals surface area (Å²) < 4.78 is 0.724. The van der Waals surface area contributed by atoms with Gasteiger partial charge in [-0.15, -0.1) is 0 Å². The lowest BCUT2D eigenvalue weighted by molar-refractivity contribution is -0.869. The van der Waals surface area contributed by atoms with Crippen LogP contribution in [0.2, 0.25) is 0 Å². The van der Waals surface area contributed by atoms with E-state index in [1.165, 1.54) is 0 Å². The van der Waals surface area contributed by atoms with Crippen LogP contribution >= 0.6 is 12.6 Å². The van der Waals surface area contributed by atoms with Crippen LogP contribution in [-0.2, 0) is 4.79 Å². The molecule has 1 unspecified atom stereocenters. The fourth-order valence-corrected chi connectivity index (χ4v) is 1.53. The first kappa shape index (κ1) is 10.8. The van der Waals surface area contributed by atoms with Gasteiger partial charge in [-0.25, -0.2) is 0 Å². The van der Waals surface area contributed by atoms with E-state index in [9.17, 15) is 9.90 Å². The summed E-state index contributed by atoms with van der Waals surface area (Å²) in [5, 5.41) is 10.0. The smallest absolute Gasteiger partial charge is 0.0902 e. The fourth-order valence-electron chi connectivity index (χ4n) is 0.889. The first-order chi connectivity index (χ1) is 4.81. The van der Waals surface area contributed by atoms with Crippen molar-refractivity contribution in [3.63, 3.8) is 0 Å². The number of carboxylic acids is 1. The molecule has 0 aromatic carbocycles. The third kappa shape index (κ3) is 7.68. The first-order valence-electron chi connectivity index (χ1n) is 3.49. The number of nitrogens with zero attached hydrogens (tertiary/aromatic N) is 1. The molecular formula is C7H15NO2S. The zero-order chi connectivity index (χ0) is 9.07. The third-order valence-electron chi connectivity index (χ3n) is 1.16. The molecule has 0 aliphatic carbocycles. The summed E-state index contributed by atoms with van der Waals surface area (Å²) in [4.78, 5) is 10.1. The highest BCUT2D eigenvalue weighted by atomic mass is 32.1. The normalized spacial score (nSPS) is 14.5. The summed E-state index contributed by atoms with van der Waals surface area (Å²) in [7, 11) is 6.00. The molecule has 0 saturated carbocycles. The average molecular weight is 177 g/mol. The van der Waals surface area contributed by atoms with Crippen molar-refractivity contribution in [3.05, 3.63) is 0 Å². The molecule has 0 aliphatic rings. The van der Waals surface area contributed by atoms with Gasteiger partial charge in [-0.3, -0.25) is 0 Å². The summed E-state index contributed by atoms with van der Waals surface area (Å²) in [5.74, 6) is -1.03. The molecule has 11 heavy (non-hydrogen) atoms. The molecule has 0 fully saturated rings. The number of carboxylic acid groups (broad SMARTS) is 1. The molecule has 0 aromatic heterocycles. The van der Waals surface area contributed by atoms with Crippen LogP contribution in [0.15, 0.2) is 0 Å². The van der Waals surface area contributed by atoms with Crippen molar-refractivity contribution < 1.29 is 14.4 Å². The van der Waals surface area contributed by atoms with Crippen molar-refractivity contribution in [2.24, 2.45) is 0 Å². The zero-order valence-electron chi connectivity index (χ0n) is 7.20. The summed E-state index contributed by atoms with van der Waals surface area (Å²) in [6, 6.07) is 0. The lowest BCUT2D eigenvalue weighted by Gasteiger charge is -2.27. The van der Waals surface area contributed by atoms with E-state index in [-0.39, 0.29) is 11.7 Å². The molecule has 0 aromatic rings. The lowest BCUT2D eigenvalue weighted by atomic mass is 10.3. The number of hydrogen-bond donors (Lipinski definition) is 1. The highest BCUT2D eigenvalue weighted by Crippen LogP contribution is 2.05.